The molecule has 0 unspecified atom stereocenters. The standard InChI is InChI=1S/C23H21ClFN3O3/c1-14-13-27(23(30)31)8-9-28(14)22(29)17-6-7-18-19(24)11-20(26-21(18)10-17)16-4-2-15(12-25)3-5-16/h2-7,10-11,14H,8-9,12-13H2,1H3,(H,30,31)/t14-/m0/s1. The lowest BCUT2D eigenvalue weighted by Gasteiger charge is -2.38. The quantitative estimate of drug-likeness (QED) is 0.630. The van der Waals surface area contributed by atoms with Gasteiger partial charge in [0.1, 0.15) is 6.67 Å². The van der Waals surface area contributed by atoms with E-state index in [2.05, 4.69) is 4.98 Å². The molecule has 2 aromatic carbocycles. The fraction of sp³-hybridized carbons (Fsp3) is 0.261. The molecule has 1 N–H and O–H groups in total. The molecule has 1 atom stereocenters. The van der Waals surface area contributed by atoms with Crippen molar-refractivity contribution in [1.82, 2.24) is 14.8 Å². The minimum atomic E-state index is -0.976. The Bertz CT molecular complexity index is 1150. The van der Waals surface area contributed by atoms with Crippen LogP contribution in [0, 0.1) is 0 Å². The first kappa shape index (κ1) is 21.1. The Morgan fingerprint density at radius 1 is 1.16 bits per heavy atom. The first-order chi connectivity index (χ1) is 14.9. The second kappa shape index (κ2) is 8.51. The number of hydrogen-bond acceptors (Lipinski definition) is 3. The van der Waals surface area contributed by atoms with Gasteiger partial charge in [-0.25, -0.2) is 14.2 Å². The summed E-state index contributed by atoms with van der Waals surface area (Å²) in [7, 11) is 0. The SMILES string of the molecule is C[C@H]1CN(C(=O)O)CCN1C(=O)c1ccc2c(Cl)cc(-c3ccc(CF)cc3)nc2c1. The number of nitrogens with zero attached hydrogens (tertiary/aromatic N) is 3. The summed E-state index contributed by atoms with van der Waals surface area (Å²) in [4.78, 5) is 32.0. The first-order valence-corrected chi connectivity index (χ1v) is 10.3. The van der Waals surface area contributed by atoms with Gasteiger partial charge in [-0.05, 0) is 30.7 Å². The summed E-state index contributed by atoms with van der Waals surface area (Å²) in [5.74, 6) is -0.171. The zero-order valence-electron chi connectivity index (χ0n) is 16.9. The van der Waals surface area contributed by atoms with Gasteiger partial charge in [0.25, 0.3) is 5.91 Å². The highest BCUT2D eigenvalue weighted by molar-refractivity contribution is 6.35. The molecule has 0 radical (unpaired) electrons. The lowest BCUT2D eigenvalue weighted by Crippen LogP contribution is -2.55. The lowest BCUT2D eigenvalue weighted by molar-refractivity contribution is 0.0484. The molecule has 1 aliphatic heterocycles. The lowest BCUT2D eigenvalue weighted by atomic mass is 10.1. The number of fused-ring (bicyclic) bond motifs is 1. The number of halogens is 2. The molecule has 0 aliphatic carbocycles. The van der Waals surface area contributed by atoms with Gasteiger partial charge in [-0.3, -0.25) is 4.79 Å². The van der Waals surface area contributed by atoms with Crippen molar-refractivity contribution in [3.8, 4) is 11.3 Å². The van der Waals surface area contributed by atoms with Crippen LogP contribution >= 0.6 is 11.6 Å². The van der Waals surface area contributed by atoms with Crippen LogP contribution < -0.4 is 0 Å². The van der Waals surface area contributed by atoms with Gasteiger partial charge < -0.3 is 14.9 Å². The van der Waals surface area contributed by atoms with Crippen LogP contribution in [0.4, 0.5) is 9.18 Å². The van der Waals surface area contributed by atoms with Crippen LogP contribution in [-0.4, -0.2) is 57.6 Å². The van der Waals surface area contributed by atoms with Gasteiger partial charge in [0.05, 0.1) is 16.2 Å². The maximum atomic E-state index is 13.1. The van der Waals surface area contributed by atoms with Crippen LogP contribution in [0.2, 0.25) is 5.02 Å². The van der Waals surface area contributed by atoms with Crippen molar-refractivity contribution < 1.29 is 19.1 Å². The third-order valence-corrected chi connectivity index (χ3v) is 5.88. The van der Waals surface area contributed by atoms with Crippen LogP contribution in [0.5, 0.6) is 0 Å². The molecule has 8 heteroatoms. The highest BCUT2D eigenvalue weighted by Gasteiger charge is 2.30. The Morgan fingerprint density at radius 2 is 1.90 bits per heavy atom. The first-order valence-electron chi connectivity index (χ1n) is 9.92. The Kier molecular flexibility index (Phi) is 5.78. The van der Waals surface area contributed by atoms with Gasteiger partial charge in [0, 0.05) is 42.2 Å². The van der Waals surface area contributed by atoms with E-state index in [1.54, 1.807) is 53.4 Å². The molecule has 1 aromatic heterocycles. The van der Waals surface area contributed by atoms with Crippen LogP contribution in [0.1, 0.15) is 22.8 Å². The summed E-state index contributed by atoms with van der Waals surface area (Å²) < 4.78 is 12.8. The molecule has 1 fully saturated rings. The van der Waals surface area contributed by atoms with E-state index in [1.807, 2.05) is 6.92 Å². The summed E-state index contributed by atoms with van der Waals surface area (Å²) in [6, 6.07) is 13.7. The van der Waals surface area contributed by atoms with Gasteiger partial charge in [-0.2, -0.15) is 0 Å². The summed E-state index contributed by atoms with van der Waals surface area (Å²) in [5.41, 5.74) is 3.07. The van der Waals surface area contributed by atoms with Crippen LogP contribution in [0.15, 0.2) is 48.5 Å². The van der Waals surface area contributed by atoms with E-state index in [9.17, 15) is 19.1 Å². The number of rotatable bonds is 3. The maximum absolute atomic E-state index is 13.1. The van der Waals surface area contributed by atoms with Gasteiger partial charge >= 0.3 is 6.09 Å². The number of carboxylic acid groups (broad SMARTS) is 1. The van der Waals surface area contributed by atoms with Gasteiger partial charge in [0.2, 0.25) is 0 Å². The van der Waals surface area contributed by atoms with Crippen LogP contribution in [0.3, 0.4) is 0 Å². The molecule has 1 saturated heterocycles. The van der Waals surface area contributed by atoms with E-state index in [4.69, 9.17) is 11.6 Å². The predicted octanol–water partition coefficient (Wildman–Crippen LogP) is 4.85. The number of carbonyl (C=O) groups excluding carboxylic acids is 1. The van der Waals surface area contributed by atoms with Crippen molar-refractivity contribution in [3.05, 3.63) is 64.7 Å². The second-order valence-corrected chi connectivity index (χ2v) is 8.04. The molecule has 31 heavy (non-hydrogen) atoms. The molecule has 6 nitrogen and oxygen atoms in total. The van der Waals surface area contributed by atoms with Gasteiger partial charge in [-0.15, -0.1) is 0 Å². The zero-order chi connectivity index (χ0) is 22.1. The van der Waals surface area contributed by atoms with Crippen molar-refractivity contribution >= 4 is 34.5 Å². The van der Waals surface area contributed by atoms with E-state index >= 15 is 0 Å². The summed E-state index contributed by atoms with van der Waals surface area (Å²) in [6.45, 7) is 2.19. The highest BCUT2D eigenvalue weighted by Crippen LogP contribution is 2.29. The van der Waals surface area contributed by atoms with Crippen molar-refractivity contribution in [2.24, 2.45) is 0 Å². The third-order valence-electron chi connectivity index (χ3n) is 5.57. The number of amides is 2. The largest absolute Gasteiger partial charge is 0.465 e. The van der Waals surface area contributed by atoms with Crippen LogP contribution in [0.25, 0.3) is 22.2 Å². The molecule has 0 spiro atoms. The molecular formula is C23H21ClFN3O3. The highest BCUT2D eigenvalue weighted by atomic mass is 35.5. The van der Waals surface area contributed by atoms with E-state index in [-0.39, 0.29) is 25.0 Å². The molecular weight excluding hydrogens is 421 g/mol. The van der Waals surface area contributed by atoms with Crippen LogP contribution in [-0.2, 0) is 6.67 Å². The molecule has 3 aromatic rings. The third kappa shape index (κ3) is 4.18. The molecule has 1 aliphatic rings. The fourth-order valence-corrected chi connectivity index (χ4v) is 4.09. The number of pyridine rings is 1. The topological polar surface area (TPSA) is 73.7 Å². The minimum absolute atomic E-state index is 0.171. The molecule has 0 bridgehead atoms. The van der Waals surface area contributed by atoms with E-state index in [0.717, 1.165) is 10.9 Å². The van der Waals surface area contributed by atoms with Gasteiger partial charge in [-0.1, -0.05) is 41.9 Å². The van der Waals surface area contributed by atoms with E-state index in [0.29, 0.717) is 33.9 Å². The number of piperazine rings is 1. The summed E-state index contributed by atoms with van der Waals surface area (Å²) in [5, 5.41) is 10.4. The Labute approximate surface area is 183 Å². The normalized spacial score (nSPS) is 16.5. The number of alkyl halides is 1. The Hall–Kier alpha value is -3.19. The maximum Gasteiger partial charge on any atom is 0.407 e. The minimum Gasteiger partial charge on any atom is -0.465 e. The zero-order valence-corrected chi connectivity index (χ0v) is 17.6. The monoisotopic (exact) mass is 441 g/mol. The summed E-state index contributed by atoms with van der Waals surface area (Å²) in [6.07, 6.45) is -0.976. The predicted molar refractivity (Wildman–Crippen MR) is 117 cm³/mol. The average Bonchev–Trinajstić information content (AvgIpc) is 2.78. The number of aromatic nitrogens is 1. The number of carbonyl (C=O) groups is 2. The fourth-order valence-electron chi connectivity index (χ4n) is 3.83. The average molecular weight is 442 g/mol. The van der Waals surface area contributed by atoms with E-state index in [1.165, 1.54) is 4.90 Å². The molecule has 2 heterocycles. The molecule has 160 valence electrons. The number of benzene rings is 2. The van der Waals surface area contributed by atoms with Crippen molar-refractivity contribution in [1.29, 1.82) is 0 Å². The molecule has 2 amide bonds. The summed E-state index contributed by atoms with van der Waals surface area (Å²) >= 11 is 6.46. The number of hydrogen-bond donors (Lipinski definition) is 1. The Morgan fingerprint density at radius 3 is 2.55 bits per heavy atom. The second-order valence-electron chi connectivity index (χ2n) is 7.63. The molecule has 0 saturated carbocycles. The Balaban J connectivity index is 1.65. The van der Waals surface area contributed by atoms with Crippen molar-refractivity contribution in [2.75, 3.05) is 19.6 Å². The van der Waals surface area contributed by atoms with Gasteiger partial charge in [0.15, 0.2) is 0 Å². The van der Waals surface area contributed by atoms with E-state index < -0.39 is 12.8 Å². The smallest absolute Gasteiger partial charge is 0.407 e. The molecule has 4 rings (SSSR count). The van der Waals surface area contributed by atoms with Crippen molar-refractivity contribution in [2.45, 2.75) is 19.6 Å². The van der Waals surface area contributed by atoms with Crippen molar-refractivity contribution in [3.63, 3.8) is 0 Å².